The van der Waals surface area contributed by atoms with E-state index in [0.29, 0.717) is 22.4 Å². The molecule has 5 nitrogen and oxygen atoms in total. The third-order valence-electron chi connectivity index (χ3n) is 4.96. The van der Waals surface area contributed by atoms with E-state index in [1.54, 1.807) is 47.7 Å². The number of ketones is 1. The van der Waals surface area contributed by atoms with E-state index in [9.17, 15) is 9.59 Å². The smallest absolute Gasteiger partial charge is 0.256 e. The molecule has 0 saturated carbocycles. The van der Waals surface area contributed by atoms with E-state index in [2.05, 4.69) is 10.3 Å². The van der Waals surface area contributed by atoms with Gasteiger partial charge in [-0.25, -0.2) is 4.98 Å². The summed E-state index contributed by atoms with van der Waals surface area (Å²) in [7, 11) is 0. The van der Waals surface area contributed by atoms with Crippen molar-refractivity contribution in [3.63, 3.8) is 0 Å². The normalized spacial score (nSPS) is 10.8. The van der Waals surface area contributed by atoms with Crippen LogP contribution in [0.3, 0.4) is 0 Å². The second-order valence-electron chi connectivity index (χ2n) is 6.99. The van der Waals surface area contributed by atoms with Gasteiger partial charge >= 0.3 is 0 Å². The van der Waals surface area contributed by atoms with Crippen molar-refractivity contribution in [3.8, 4) is 11.3 Å². The van der Waals surface area contributed by atoms with Crippen LogP contribution in [0, 0.1) is 0 Å². The van der Waals surface area contributed by atoms with E-state index >= 15 is 0 Å². The highest BCUT2D eigenvalue weighted by atomic mass is 32.1. The van der Waals surface area contributed by atoms with Crippen molar-refractivity contribution < 1.29 is 9.59 Å². The van der Waals surface area contributed by atoms with Gasteiger partial charge in [-0.05, 0) is 18.2 Å². The summed E-state index contributed by atoms with van der Waals surface area (Å²) in [5.74, 6) is -0.513. The van der Waals surface area contributed by atoms with Crippen LogP contribution in [0.15, 0.2) is 96.6 Å². The quantitative estimate of drug-likeness (QED) is 0.377. The molecule has 0 atom stereocenters. The minimum absolute atomic E-state index is 0.182. The summed E-state index contributed by atoms with van der Waals surface area (Å²) in [6.07, 6.45) is 3.92. The number of imidazole rings is 1. The topological polar surface area (TPSA) is 63.5 Å². The Balaban J connectivity index is 1.42. The van der Waals surface area contributed by atoms with Gasteiger partial charge in [0.05, 0.1) is 11.3 Å². The van der Waals surface area contributed by atoms with E-state index in [1.165, 1.54) is 0 Å². The molecule has 0 fully saturated rings. The monoisotopic (exact) mass is 423 g/mol. The number of carbonyl (C=O) groups is 2. The number of aromatic nitrogens is 2. The summed E-state index contributed by atoms with van der Waals surface area (Å²) in [6.45, 7) is 0. The highest BCUT2D eigenvalue weighted by Gasteiger charge is 2.18. The standard InChI is InChI=1S/C25H17N3O2S/c29-23(17-7-2-1-3-8-17)20-11-4-5-12-21(20)24(30)26-19-10-6-9-18(15-19)22-16-28-13-14-31-25(28)27-22/h1-16H,(H,26,30). The average molecular weight is 423 g/mol. The second kappa shape index (κ2) is 8.01. The molecular formula is C25H17N3O2S. The van der Waals surface area contributed by atoms with Crippen LogP contribution >= 0.6 is 11.3 Å². The van der Waals surface area contributed by atoms with Gasteiger partial charge in [-0.2, -0.15) is 0 Å². The molecule has 0 aliphatic carbocycles. The SMILES string of the molecule is O=C(Nc1cccc(-c2cn3ccsc3n2)c1)c1ccccc1C(=O)c1ccccc1. The molecule has 3 aromatic carbocycles. The molecule has 2 aromatic heterocycles. The molecule has 150 valence electrons. The summed E-state index contributed by atoms with van der Waals surface area (Å²) >= 11 is 1.57. The van der Waals surface area contributed by atoms with Gasteiger partial charge < -0.3 is 5.32 Å². The number of fused-ring (bicyclic) bond motifs is 1. The molecular weight excluding hydrogens is 406 g/mol. The van der Waals surface area contributed by atoms with Crippen LogP contribution in [0.1, 0.15) is 26.3 Å². The number of anilines is 1. The van der Waals surface area contributed by atoms with E-state index in [0.717, 1.165) is 16.2 Å². The fraction of sp³-hybridized carbons (Fsp3) is 0. The van der Waals surface area contributed by atoms with Crippen molar-refractivity contribution in [1.82, 2.24) is 9.38 Å². The zero-order valence-corrected chi connectivity index (χ0v) is 17.2. The Bertz CT molecular complexity index is 1370. The Hall–Kier alpha value is -4.03. The molecule has 0 saturated heterocycles. The lowest BCUT2D eigenvalue weighted by Gasteiger charge is -2.10. The average Bonchev–Trinajstić information content (AvgIpc) is 3.42. The van der Waals surface area contributed by atoms with Gasteiger partial charge in [0.1, 0.15) is 0 Å². The Morgan fingerprint density at radius 3 is 2.45 bits per heavy atom. The Labute approximate surface area is 182 Å². The first kappa shape index (κ1) is 19.0. The second-order valence-corrected chi connectivity index (χ2v) is 7.87. The molecule has 0 bridgehead atoms. The lowest BCUT2D eigenvalue weighted by Crippen LogP contribution is -2.17. The maximum Gasteiger partial charge on any atom is 0.256 e. The number of rotatable bonds is 5. The summed E-state index contributed by atoms with van der Waals surface area (Å²) < 4.78 is 1.97. The predicted octanol–water partition coefficient (Wildman–Crippen LogP) is 5.55. The third-order valence-corrected chi connectivity index (χ3v) is 5.73. The van der Waals surface area contributed by atoms with Gasteiger partial charge in [-0.15, -0.1) is 11.3 Å². The molecule has 0 unspecified atom stereocenters. The van der Waals surface area contributed by atoms with Gasteiger partial charge in [0.2, 0.25) is 0 Å². The molecule has 1 amide bonds. The number of benzene rings is 3. The molecule has 31 heavy (non-hydrogen) atoms. The molecule has 6 heteroatoms. The summed E-state index contributed by atoms with van der Waals surface area (Å²) in [5.41, 5.74) is 3.64. The molecule has 0 aliphatic heterocycles. The summed E-state index contributed by atoms with van der Waals surface area (Å²) in [6, 6.07) is 23.4. The maximum atomic E-state index is 13.0. The van der Waals surface area contributed by atoms with E-state index < -0.39 is 0 Å². The first-order chi connectivity index (χ1) is 15.2. The van der Waals surface area contributed by atoms with E-state index in [1.807, 2.05) is 64.6 Å². The first-order valence-corrected chi connectivity index (χ1v) is 10.6. The molecule has 0 spiro atoms. The molecule has 0 radical (unpaired) electrons. The van der Waals surface area contributed by atoms with Crippen LogP contribution in [-0.2, 0) is 0 Å². The number of hydrogen-bond acceptors (Lipinski definition) is 4. The van der Waals surface area contributed by atoms with Crippen LogP contribution < -0.4 is 5.32 Å². The Morgan fingerprint density at radius 2 is 1.65 bits per heavy atom. The highest BCUT2D eigenvalue weighted by molar-refractivity contribution is 7.15. The number of hydrogen-bond donors (Lipinski definition) is 1. The van der Waals surface area contributed by atoms with Crippen molar-refractivity contribution in [2.24, 2.45) is 0 Å². The molecule has 1 N–H and O–H groups in total. The van der Waals surface area contributed by atoms with Gasteiger partial charge in [0.15, 0.2) is 10.7 Å². The number of nitrogens with zero attached hydrogens (tertiary/aromatic N) is 2. The number of amides is 1. The van der Waals surface area contributed by atoms with Crippen molar-refractivity contribution >= 4 is 33.7 Å². The van der Waals surface area contributed by atoms with Crippen LogP contribution in [0.2, 0.25) is 0 Å². The van der Waals surface area contributed by atoms with E-state index in [4.69, 9.17) is 0 Å². The molecule has 5 rings (SSSR count). The fourth-order valence-electron chi connectivity index (χ4n) is 3.45. The Kier molecular flexibility index (Phi) is 4.90. The van der Waals surface area contributed by atoms with Crippen molar-refractivity contribution in [1.29, 1.82) is 0 Å². The van der Waals surface area contributed by atoms with Crippen molar-refractivity contribution in [2.75, 3.05) is 5.32 Å². The highest BCUT2D eigenvalue weighted by Crippen LogP contribution is 2.25. The number of thiazole rings is 1. The first-order valence-electron chi connectivity index (χ1n) is 9.72. The van der Waals surface area contributed by atoms with Crippen molar-refractivity contribution in [3.05, 3.63) is 113 Å². The van der Waals surface area contributed by atoms with Crippen LogP contribution in [0.25, 0.3) is 16.2 Å². The molecule has 5 aromatic rings. The minimum Gasteiger partial charge on any atom is -0.322 e. The molecule has 2 heterocycles. The fourth-order valence-corrected chi connectivity index (χ4v) is 4.15. The van der Waals surface area contributed by atoms with Crippen LogP contribution in [-0.4, -0.2) is 21.1 Å². The summed E-state index contributed by atoms with van der Waals surface area (Å²) in [4.78, 5) is 31.5. The zero-order chi connectivity index (χ0) is 21.2. The number of carbonyl (C=O) groups excluding carboxylic acids is 2. The predicted molar refractivity (Wildman–Crippen MR) is 123 cm³/mol. The van der Waals surface area contributed by atoms with Gasteiger partial charge in [0, 0.05) is 40.2 Å². The molecule has 0 aliphatic rings. The largest absolute Gasteiger partial charge is 0.322 e. The van der Waals surface area contributed by atoms with Crippen LogP contribution in [0.4, 0.5) is 5.69 Å². The third kappa shape index (κ3) is 3.76. The maximum absolute atomic E-state index is 13.0. The lowest BCUT2D eigenvalue weighted by atomic mass is 9.98. The van der Waals surface area contributed by atoms with Gasteiger partial charge in [-0.3, -0.25) is 14.0 Å². The van der Waals surface area contributed by atoms with Gasteiger partial charge in [-0.1, -0.05) is 60.7 Å². The summed E-state index contributed by atoms with van der Waals surface area (Å²) in [5, 5.41) is 4.90. The van der Waals surface area contributed by atoms with E-state index in [-0.39, 0.29) is 11.7 Å². The Morgan fingerprint density at radius 1 is 0.871 bits per heavy atom. The van der Waals surface area contributed by atoms with Crippen molar-refractivity contribution in [2.45, 2.75) is 0 Å². The number of nitrogens with one attached hydrogen (secondary N) is 1. The van der Waals surface area contributed by atoms with Gasteiger partial charge in [0.25, 0.3) is 5.91 Å². The minimum atomic E-state index is -0.331. The lowest BCUT2D eigenvalue weighted by molar-refractivity contribution is 0.0996. The zero-order valence-electron chi connectivity index (χ0n) is 16.4. The van der Waals surface area contributed by atoms with Crippen LogP contribution in [0.5, 0.6) is 0 Å².